The lowest BCUT2D eigenvalue weighted by molar-refractivity contribution is -0.138. The summed E-state index contributed by atoms with van der Waals surface area (Å²) < 4.78 is 5.63. The predicted molar refractivity (Wildman–Crippen MR) is 126 cm³/mol. The van der Waals surface area contributed by atoms with Crippen LogP contribution in [0.4, 0.5) is 4.79 Å². The molecule has 0 saturated carbocycles. The molecular weight excluding hydrogens is 420 g/mol. The Morgan fingerprint density at radius 3 is 2.09 bits per heavy atom. The van der Waals surface area contributed by atoms with E-state index in [1.165, 1.54) is 4.90 Å². The molecule has 0 bridgehead atoms. The van der Waals surface area contributed by atoms with Crippen LogP contribution in [0, 0.1) is 5.41 Å². The Balaban J connectivity index is 1.63. The molecule has 7 nitrogen and oxygen atoms in total. The Bertz CT molecular complexity index is 982. The average molecular weight is 453 g/mol. The minimum atomic E-state index is -0.959. The summed E-state index contributed by atoms with van der Waals surface area (Å²) in [5, 5.41) is 11.7. The quantitative estimate of drug-likeness (QED) is 0.624. The maximum Gasteiger partial charge on any atom is 0.407 e. The average Bonchev–Trinajstić information content (AvgIpc) is 3.08. The summed E-state index contributed by atoms with van der Waals surface area (Å²) in [6, 6.07) is 15.8. The zero-order valence-electron chi connectivity index (χ0n) is 19.6. The molecule has 1 aliphatic carbocycles. The van der Waals surface area contributed by atoms with E-state index in [9.17, 15) is 14.4 Å². The fourth-order valence-corrected chi connectivity index (χ4v) is 4.07. The second kappa shape index (κ2) is 10.1. The van der Waals surface area contributed by atoms with Crippen LogP contribution in [0.2, 0.25) is 0 Å². The normalized spacial score (nSPS) is 13.6. The number of carbonyl (C=O) groups is 3. The summed E-state index contributed by atoms with van der Waals surface area (Å²) in [5.41, 5.74) is 4.19. The third-order valence-electron chi connectivity index (χ3n) is 6.15. The standard InChI is InChI=1S/C26H32N2O5/c1-26(2,3)22(15-23(29)28(4)14-13-24(30)31)27-25(32)33-16-21-19-11-7-5-9-17(19)18-10-6-8-12-20(18)21/h5-12,21-22H,13-16H2,1-4H3,(H,27,32)(H,30,31). The molecule has 0 spiro atoms. The summed E-state index contributed by atoms with van der Waals surface area (Å²) in [6.07, 6.45) is -0.635. The van der Waals surface area contributed by atoms with E-state index < -0.39 is 23.5 Å². The van der Waals surface area contributed by atoms with Crippen molar-refractivity contribution in [1.29, 1.82) is 0 Å². The van der Waals surface area contributed by atoms with E-state index in [0.717, 1.165) is 22.3 Å². The molecule has 0 saturated heterocycles. The zero-order chi connectivity index (χ0) is 24.2. The van der Waals surface area contributed by atoms with Gasteiger partial charge in [0.2, 0.25) is 5.91 Å². The van der Waals surface area contributed by atoms with E-state index in [4.69, 9.17) is 9.84 Å². The Morgan fingerprint density at radius 1 is 1.03 bits per heavy atom. The van der Waals surface area contributed by atoms with Gasteiger partial charge in [-0.25, -0.2) is 4.79 Å². The molecular formula is C26H32N2O5. The molecule has 1 atom stereocenters. The highest BCUT2D eigenvalue weighted by Crippen LogP contribution is 2.44. The van der Waals surface area contributed by atoms with Crippen molar-refractivity contribution in [2.45, 2.75) is 45.6 Å². The molecule has 1 unspecified atom stereocenters. The van der Waals surface area contributed by atoms with Gasteiger partial charge >= 0.3 is 12.1 Å². The Hall–Kier alpha value is -3.35. The number of nitrogens with one attached hydrogen (secondary N) is 1. The lowest BCUT2D eigenvalue weighted by atomic mass is 9.84. The van der Waals surface area contributed by atoms with Gasteiger partial charge in [-0.15, -0.1) is 0 Å². The van der Waals surface area contributed by atoms with Gasteiger partial charge < -0.3 is 20.1 Å². The summed E-state index contributed by atoms with van der Waals surface area (Å²) >= 11 is 0. The van der Waals surface area contributed by atoms with Gasteiger partial charge in [-0.05, 0) is 27.7 Å². The van der Waals surface area contributed by atoms with E-state index in [0.29, 0.717) is 0 Å². The van der Waals surface area contributed by atoms with Crippen LogP contribution in [0.25, 0.3) is 11.1 Å². The van der Waals surface area contributed by atoms with Crippen LogP contribution >= 0.6 is 0 Å². The molecule has 0 aliphatic heterocycles. The number of rotatable bonds is 8. The van der Waals surface area contributed by atoms with Gasteiger partial charge in [0.25, 0.3) is 0 Å². The van der Waals surface area contributed by atoms with Crippen molar-refractivity contribution >= 4 is 18.0 Å². The summed E-state index contributed by atoms with van der Waals surface area (Å²) in [7, 11) is 1.57. The highest BCUT2D eigenvalue weighted by atomic mass is 16.5. The zero-order valence-corrected chi connectivity index (χ0v) is 19.6. The number of benzene rings is 2. The van der Waals surface area contributed by atoms with Crippen molar-refractivity contribution in [1.82, 2.24) is 10.2 Å². The highest BCUT2D eigenvalue weighted by molar-refractivity contribution is 5.80. The maximum absolute atomic E-state index is 12.7. The van der Waals surface area contributed by atoms with E-state index >= 15 is 0 Å². The third kappa shape index (κ3) is 5.92. The van der Waals surface area contributed by atoms with Gasteiger partial charge in [-0.3, -0.25) is 9.59 Å². The van der Waals surface area contributed by atoms with E-state index in [1.807, 2.05) is 45.0 Å². The fraction of sp³-hybridized carbons (Fsp3) is 0.423. The molecule has 0 fully saturated rings. The first kappa shape index (κ1) is 24.3. The first-order valence-corrected chi connectivity index (χ1v) is 11.1. The Labute approximate surface area is 194 Å². The van der Waals surface area contributed by atoms with Crippen molar-refractivity contribution in [3.63, 3.8) is 0 Å². The van der Waals surface area contributed by atoms with Crippen molar-refractivity contribution in [3.8, 4) is 11.1 Å². The number of carbonyl (C=O) groups excluding carboxylic acids is 2. The van der Waals surface area contributed by atoms with Crippen LogP contribution in [-0.4, -0.2) is 54.2 Å². The molecule has 1 aliphatic rings. The van der Waals surface area contributed by atoms with Crippen LogP contribution in [0.15, 0.2) is 48.5 Å². The number of nitrogens with zero attached hydrogens (tertiary/aromatic N) is 1. The number of carboxylic acids is 1. The van der Waals surface area contributed by atoms with Crippen LogP contribution in [0.3, 0.4) is 0 Å². The Kier molecular flexibility index (Phi) is 7.41. The van der Waals surface area contributed by atoms with Gasteiger partial charge in [0, 0.05) is 32.0 Å². The molecule has 2 aromatic carbocycles. The topological polar surface area (TPSA) is 95.9 Å². The molecule has 3 rings (SSSR count). The molecule has 2 amide bonds. The molecule has 2 N–H and O–H groups in total. The van der Waals surface area contributed by atoms with Crippen molar-refractivity contribution < 1.29 is 24.2 Å². The fourth-order valence-electron chi connectivity index (χ4n) is 4.07. The molecule has 176 valence electrons. The van der Waals surface area contributed by atoms with E-state index in [-0.39, 0.29) is 37.8 Å². The number of carboxylic acid groups (broad SMARTS) is 1. The minimum Gasteiger partial charge on any atom is -0.481 e. The third-order valence-corrected chi connectivity index (χ3v) is 6.15. The van der Waals surface area contributed by atoms with Crippen molar-refractivity contribution in [3.05, 3.63) is 59.7 Å². The molecule has 7 heteroatoms. The second-order valence-corrected chi connectivity index (χ2v) is 9.55. The van der Waals surface area contributed by atoms with Gasteiger partial charge in [0.15, 0.2) is 0 Å². The highest BCUT2D eigenvalue weighted by Gasteiger charge is 2.32. The number of alkyl carbamates (subject to hydrolysis) is 1. The summed E-state index contributed by atoms with van der Waals surface area (Å²) in [5.74, 6) is -1.23. The number of ether oxygens (including phenoxy) is 1. The second-order valence-electron chi connectivity index (χ2n) is 9.55. The van der Waals surface area contributed by atoms with Gasteiger partial charge in [-0.1, -0.05) is 69.3 Å². The lowest BCUT2D eigenvalue weighted by Crippen LogP contribution is -2.47. The molecule has 33 heavy (non-hydrogen) atoms. The van der Waals surface area contributed by atoms with Gasteiger partial charge in [0.1, 0.15) is 6.61 Å². The maximum atomic E-state index is 12.7. The first-order chi connectivity index (χ1) is 15.6. The smallest absolute Gasteiger partial charge is 0.407 e. The lowest BCUT2D eigenvalue weighted by Gasteiger charge is -2.32. The Morgan fingerprint density at radius 2 is 1.58 bits per heavy atom. The summed E-state index contributed by atoms with van der Waals surface area (Å²) in [4.78, 5) is 37.4. The van der Waals surface area contributed by atoms with Crippen LogP contribution in [0.5, 0.6) is 0 Å². The summed E-state index contributed by atoms with van der Waals surface area (Å²) in [6.45, 7) is 6.13. The van der Waals surface area contributed by atoms with Crippen molar-refractivity contribution in [2.75, 3.05) is 20.2 Å². The van der Waals surface area contributed by atoms with E-state index in [2.05, 4.69) is 29.6 Å². The van der Waals surface area contributed by atoms with Crippen molar-refractivity contribution in [2.24, 2.45) is 5.41 Å². The predicted octanol–water partition coefficient (Wildman–Crippen LogP) is 4.26. The minimum absolute atomic E-state index is 0.0416. The molecule has 2 aromatic rings. The number of hydrogen-bond donors (Lipinski definition) is 2. The van der Waals surface area contributed by atoms with Gasteiger partial charge in [0.05, 0.1) is 6.42 Å². The van der Waals surface area contributed by atoms with Crippen LogP contribution in [-0.2, 0) is 14.3 Å². The molecule has 0 heterocycles. The van der Waals surface area contributed by atoms with Gasteiger partial charge in [-0.2, -0.15) is 0 Å². The number of amides is 2. The number of fused-ring (bicyclic) bond motifs is 3. The van der Waals surface area contributed by atoms with Crippen LogP contribution in [0.1, 0.15) is 50.7 Å². The SMILES string of the molecule is CN(CCC(=O)O)C(=O)CC(NC(=O)OCC1c2ccccc2-c2ccccc21)C(C)(C)C. The number of hydrogen-bond acceptors (Lipinski definition) is 4. The monoisotopic (exact) mass is 452 g/mol. The molecule has 0 aromatic heterocycles. The van der Waals surface area contributed by atoms with Crippen LogP contribution < -0.4 is 5.32 Å². The largest absolute Gasteiger partial charge is 0.481 e. The number of aliphatic carboxylic acids is 1. The van der Waals surface area contributed by atoms with E-state index in [1.54, 1.807) is 7.05 Å². The first-order valence-electron chi connectivity index (χ1n) is 11.1. The molecule has 0 radical (unpaired) electrons.